The molecule has 0 aromatic carbocycles. The van der Waals surface area contributed by atoms with Gasteiger partial charge in [0.2, 0.25) is 0 Å². The van der Waals surface area contributed by atoms with E-state index >= 15 is 0 Å². The lowest BCUT2D eigenvalue weighted by atomic mass is 10.6. The van der Waals surface area contributed by atoms with E-state index in [1.54, 1.807) is 24.2 Å². The Balaban J connectivity index is 2.67. The van der Waals surface area contributed by atoms with Crippen LogP contribution in [0.2, 0.25) is 0 Å². The van der Waals surface area contributed by atoms with Gasteiger partial charge in [-0.25, -0.2) is 0 Å². The molecule has 1 heterocycles. The number of rotatable bonds is 2. The molecule has 1 rings (SSSR count). The van der Waals surface area contributed by atoms with E-state index in [-0.39, 0.29) is 0 Å². The molecule has 1 aromatic rings. The zero-order chi connectivity index (χ0) is 7.56. The Morgan fingerprint density at radius 2 is 2.50 bits per heavy atom. The van der Waals surface area contributed by atoms with Gasteiger partial charge in [-0.15, -0.1) is 5.10 Å². The molecule has 0 aliphatic carbocycles. The number of aryl methyl sites for hydroxylation is 1. The average Bonchev–Trinajstić information content (AvgIpc) is 2.13. The molecule has 0 radical (unpaired) electrons. The van der Waals surface area contributed by atoms with Crippen molar-refractivity contribution < 1.29 is 4.21 Å². The summed E-state index contributed by atoms with van der Waals surface area (Å²) in [5.74, 6) is 0.494. The summed E-state index contributed by atoms with van der Waals surface area (Å²) in [7, 11) is 0.968. The molecule has 56 valence electrons. The van der Waals surface area contributed by atoms with Crippen LogP contribution in [0.5, 0.6) is 0 Å². The van der Waals surface area contributed by atoms with Gasteiger partial charge in [-0.2, -0.15) is 0 Å². The van der Waals surface area contributed by atoms with E-state index < -0.39 is 10.8 Å². The van der Waals surface area contributed by atoms with Crippen molar-refractivity contribution in [1.29, 1.82) is 0 Å². The fraction of sp³-hybridized carbons (Fsp3) is 0.600. The first-order valence-electron chi connectivity index (χ1n) is 2.83. The van der Waals surface area contributed by atoms with Crippen molar-refractivity contribution in [1.82, 2.24) is 15.0 Å². The highest BCUT2D eigenvalue weighted by atomic mass is 32.2. The maximum atomic E-state index is 10.7. The Labute approximate surface area is 61.7 Å². The Kier molecular flexibility index (Phi) is 2.16. The first-order valence-corrected chi connectivity index (χ1v) is 4.56. The molecule has 0 spiro atoms. The Hall–Kier alpha value is -0.710. The summed E-state index contributed by atoms with van der Waals surface area (Å²) in [4.78, 5) is 0. The molecular weight excluding hydrogens is 150 g/mol. The van der Waals surface area contributed by atoms with Gasteiger partial charge < -0.3 is 0 Å². The summed E-state index contributed by atoms with van der Waals surface area (Å²) in [5, 5.41) is 7.48. The van der Waals surface area contributed by atoms with Crippen LogP contribution in [-0.4, -0.2) is 25.5 Å². The lowest BCUT2D eigenvalue weighted by Gasteiger charge is -1.86. The van der Waals surface area contributed by atoms with E-state index in [4.69, 9.17) is 0 Å². The average molecular weight is 159 g/mol. The number of hydrogen-bond acceptors (Lipinski definition) is 3. The summed E-state index contributed by atoms with van der Waals surface area (Å²) in [5.41, 5.74) is 0.781. The normalized spacial score (nSPS) is 13.4. The third-order valence-corrected chi connectivity index (χ3v) is 1.70. The van der Waals surface area contributed by atoms with Gasteiger partial charge in [-0.05, 0) is 0 Å². The van der Waals surface area contributed by atoms with Crippen LogP contribution in [0.4, 0.5) is 0 Å². The molecule has 1 unspecified atom stereocenters. The van der Waals surface area contributed by atoms with Gasteiger partial charge in [0.25, 0.3) is 0 Å². The summed E-state index contributed by atoms with van der Waals surface area (Å²) >= 11 is 0. The van der Waals surface area contributed by atoms with Crippen LogP contribution in [0.25, 0.3) is 0 Å². The summed E-state index contributed by atoms with van der Waals surface area (Å²) in [6.07, 6.45) is 3.41. The van der Waals surface area contributed by atoms with Crippen LogP contribution in [0.3, 0.4) is 0 Å². The van der Waals surface area contributed by atoms with Gasteiger partial charge >= 0.3 is 0 Å². The van der Waals surface area contributed by atoms with Crippen molar-refractivity contribution in [2.45, 2.75) is 5.75 Å². The van der Waals surface area contributed by atoms with Crippen LogP contribution >= 0.6 is 0 Å². The van der Waals surface area contributed by atoms with Crippen molar-refractivity contribution in [3.8, 4) is 0 Å². The minimum atomic E-state index is -0.819. The fourth-order valence-electron chi connectivity index (χ4n) is 0.670. The second-order valence-corrected chi connectivity index (χ2v) is 3.54. The highest BCUT2D eigenvalue weighted by molar-refractivity contribution is 7.83. The van der Waals surface area contributed by atoms with E-state index in [1.165, 1.54) is 0 Å². The molecule has 0 fully saturated rings. The third-order valence-electron chi connectivity index (χ3n) is 1.00. The molecule has 0 saturated carbocycles. The van der Waals surface area contributed by atoms with Crippen LogP contribution in [0.1, 0.15) is 5.69 Å². The highest BCUT2D eigenvalue weighted by Gasteiger charge is 1.98. The van der Waals surface area contributed by atoms with Crippen LogP contribution < -0.4 is 0 Å². The minimum absolute atomic E-state index is 0.494. The quantitative estimate of drug-likeness (QED) is 0.595. The highest BCUT2D eigenvalue weighted by Crippen LogP contribution is 1.94. The standard InChI is InChI=1S/C5H9N3OS/c1-8-3-5(6-7-8)4-10(2)9/h3H,4H2,1-2H3. The Morgan fingerprint density at radius 3 is 2.90 bits per heavy atom. The van der Waals surface area contributed by atoms with Gasteiger partial charge in [0.1, 0.15) is 0 Å². The largest absolute Gasteiger partial charge is 0.259 e. The molecule has 0 saturated heterocycles. The molecule has 10 heavy (non-hydrogen) atoms. The van der Waals surface area contributed by atoms with Crippen LogP contribution in [0.15, 0.2) is 6.20 Å². The second-order valence-electron chi connectivity index (χ2n) is 2.10. The summed E-state index contributed by atoms with van der Waals surface area (Å²) in [6, 6.07) is 0. The number of nitrogens with zero attached hydrogens (tertiary/aromatic N) is 3. The molecular formula is C5H9N3OS. The van der Waals surface area contributed by atoms with E-state index in [2.05, 4.69) is 10.3 Å². The van der Waals surface area contributed by atoms with Crippen LogP contribution in [0, 0.1) is 0 Å². The maximum Gasteiger partial charge on any atom is 0.0951 e. The minimum Gasteiger partial charge on any atom is -0.259 e. The molecule has 0 bridgehead atoms. The van der Waals surface area contributed by atoms with Gasteiger partial charge in [-0.3, -0.25) is 8.89 Å². The molecule has 1 atom stereocenters. The smallest absolute Gasteiger partial charge is 0.0951 e. The molecule has 0 N–H and O–H groups in total. The lowest BCUT2D eigenvalue weighted by Crippen LogP contribution is -1.91. The first kappa shape index (κ1) is 7.40. The number of aromatic nitrogens is 3. The van der Waals surface area contributed by atoms with E-state index in [0.717, 1.165) is 5.69 Å². The number of hydrogen-bond donors (Lipinski definition) is 0. The summed E-state index contributed by atoms with van der Waals surface area (Å²) in [6.45, 7) is 0. The maximum absolute atomic E-state index is 10.7. The lowest BCUT2D eigenvalue weighted by molar-refractivity contribution is 0.685. The van der Waals surface area contributed by atoms with Gasteiger partial charge in [-0.1, -0.05) is 5.21 Å². The Morgan fingerprint density at radius 1 is 1.80 bits per heavy atom. The zero-order valence-corrected chi connectivity index (χ0v) is 6.76. The monoisotopic (exact) mass is 159 g/mol. The second kappa shape index (κ2) is 2.92. The molecule has 5 heteroatoms. The molecule has 0 aliphatic rings. The van der Waals surface area contributed by atoms with Crippen molar-refractivity contribution >= 4 is 10.8 Å². The summed E-state index contributed by atoms with van der Waals surface area (Å²) < 4.78 is 12.3. The van der Waals surface area contributed by atoms with Gasteiger partial charge in [0.15, 0.2) is 0 Å². The Bertz CT molecular complexity index is 245. The van der Waals surface area contributed by atoms with Gasteiger partial charge in [0, 0.05) is 30.3 Å². The van der Waals surface area contributed by atoms with Crippen molar-refractivity contribution in [3.63, 3.8) is 0 Å². The SMILES string of the molecule is Cn1cc(CS(C)=O)nn1. The van der Waals surface area contributed by atoms with Crippen molar-refractivity contribution in [3.05, 3.63) is 11.9 Å². The first-order chi connectivity index (χ1) is 4.68. The predicted molar refractivity (Wildman–Crippen MR) is 38.8 cm³/mol. The zero-order valence-electron chi connectivity index (χ0n) is 5.94. The fourth-order valence-corrected chi connectivity index (χ4v) is 1.22. The van der Waals surface area contributed by atoms with Crippen molar-refractivity contribution in [2.24, 2.45) is 7.05 Å². The van der Waals surface area contributed by atoms with Crippen LogP contribution in [-0.2, 0) is 23.6 Å². The predicted octanol–water partition coefficient (Wildman–Crippen LogP) is -0.306. The third kappa shape index (κ3) is 1.91. The van der Waals surface area contributed by atoms with E-state index in [9.17, 15) is 4.21 Å². The molecule has 4 nitrogen and oxygen atoms in total. The topological polar surface area (TPSA) is 47.8 Å². The molecule has 0 aliphatic heterocycles. The van der Waals surface area contributed by atoms with E-state index in [0.29, 0.717) is 5.75 Å². The van der Waals surface area contributed by atoms with E-state index in [1.807, 2.05) is 0 Å². The van der Waals surface area contributed by atoms with Crippen molar-refractivity contribution in [2.75, 3.05) is 6.26 Å². The molecule has 0 amide bonds. The molecule has 1 aromatic heterocycles. The van der Waals surface area contributed by atoms with Gasteiger partial charge in [0.05, 0.1) is 11.4 Å².